The van der Waals surface area contributed by atoms with Crippen LogP contribution in [-0.2, 0) is 11.4 Å². The summed E-state index contributed by atoms with van der Waals surface area (Å²) in [6, 6.07) is 15.0. The van der Waals surface area contributed by atoms with Gasteiger partial charge in [-0.3, -0.25) is 4.79 Å². The van der Waals surface area contributed by atoms with Crippen molar-refractivity contribution in [1.82, 2.24) is 0 Å². The first-order chi connectivity index (χ1) is 11.1. The second-order valence-corrected chi connectivity index (χ2v) is 5.58. The lowest BCUT2D eigenvalue weighted by molar-refractivity contribution is -0.117. The van der Waals surface area contributed by atoms with Crippen molar-refractivity contribution in [3.8, 4) is 5.75 Å². The zero-order valence-electron chi connectivity index (χ0n) is 13.7. The lowest BCUT2D eigenvalue weighted by Crippen LogP contribution is -2.35. The minimum atomic E-state index is -0.469. The zero-order chi connectivity index (χ0) is 16.7. The first-order valence-corrected chi connectivity index (χ1v) is 7.94. The van der Waals surface area contributed by atoms with Crippen LogP contribution in [0.1, 0.15) is 30.9 Å². The molecule has 0 heterocycles. The Bertz CT molecular complexity index is 641. The lowest BCUT2D eigenvalue weighted by Gasteiger charge is -2.15. The van der Waals surface area contributed by atoms with Crippen LogP contribution in [0.3, 0.4) is 0 Å². The Labute approximate surface area is 137 Å². The van der Waals surface area contributed by atoms with Gasteiger partial charge in [0.05, 0.1) is 6.04 Å². The van der Waals surface area contributed by atoms with Crippen molar-refractivity contribution in [3.63, 3.8) is 0 Å². The molecule has 4 nitrogen and oxygen atoms in total. The maximum Gasteiger partial charge on any atom is 0.241 e. The van der Waals surface area contributed by atoms with Crippen molar-refractivity contribution in [2.45, 2.75) is 39.3 Å². The average Bonchev–Trinajstić information content (AvgIpc) is 2.56. The third kappa shape index (κ3) is 4.83. The molecule has 0 aliphatic heterocycles. The van der Waals surface area contributed by atoms with E-state index in [0.29, 0.717) is 13.0 Å². The fourth-order valence-corrected chi connectivity index (χ4v) is 2.32. The van der Waals surface area contributed by atoms with Gasteiger partial charge in [-0.2, -0.15) is 0 Å². The molecule has 0 aliphatic carbocycles. The molecule has 0 saturated carbocycles. The summed E-state index contributed by atoms with van der Waals surface area (Å²) >= 11 is 0. The van der Waals surface area contributed by atoms with Crippen LogP contribution in [0.2, 0.25) is 0 Å². The standard InChI is InChI=1S/C19H24N2O2/c1-3-8-17(20)19(22)21-18-12-7-9-15(14(18)2)13-23-16-10-5-4-6-11-16/h4-7,9-12,17H,3,8,13,20H2,1-2H3,(H,21,22). The van der Waals surface area contributed by atoms with Crippen molar-refractivity contribution in [3.05, 3.63) is 59.7 Å². The topological polar surface area (TPSA) is 64.4 Å². The number of amides is 1. The number of nitrogens with one attached hydrogen (secondary N) is 1. The van der Waals surface area contributed by atoms with E-state index in [4.69, 9.17) is 10.5 Å². The molecule has 0 fully saturated rings. The molecule has 3 N–H and O–H groups in total. The summed E-state index contributed by atoms with van der Waals surface area (Å²) in [4.78, 5) is 12.1. The number of rotatable bonds is 7. The molecule has 4 heteroatoms. The Morgan fingerprint density at radius 3 is 2.61 bits per heavy atom. The van der Waals surface area contributed by atoms with Crippen molar-refractivity contribution in [2.24, 2.45) is 5.73 Å². The monoisotopic (exact) mass is 312 g/mol. The van der Waals surface area contributed by atoms with Gasteiger partial charge in [0.25, 0.3) is 0 Å². The van der Waals surface area contributed by atoms with Crippen LogP contribution >= 0.6 is 0 Å². The van der Waals surface area contributed by atoms with Gasteiger partial charge in [0.2, 0.25) is 5.91 Å². The fraction of sp³-hybridized carbons (Fsp3) is 0.316. The number of anilines is 1. The van der Waals surface area contributed by atoms with Gasteiger partial charge < -0.3 is 15.8 Å². The highest BCUT2D eigenvalue weighted by Crippen LogP contribution is 2.21. The van der Waals surface area contributed by atoms with Gasteiger partial charge in [-0.1, -0.05) is 43.7 Å². The van der Waals surface area contributed by atoms with Crippen LogP contribution < -0.4 is 15.8 Å². The van der Waals surface area contributed by atoms with Crippen LogP contribution in [0.25, 0.3) is 0 Å². The van der Waals surface area contributed by atoms with Gasteiger partial charge in [0.1, 0.15) is 12.4 Å². The number of carbonyl (C=O) groups excluding carboxylic acids is 1. The van der Waals surface area contributed by atoms with Gasteiger partial charge >= 0.3 is 0 Å². The number of ether oxygens (including phenoxy) is 1. The maximum absolute atomic E-state index is 12.1. The Balaban J connectivity index is 2.04. The first-order valence-electron chi connectivity index (χ1n) is 7.94. The number of benzene rings is 2. The van der Waals surface area contributed by atoms with Crippen LogP contribution in [-0.4, -0.2) is 11.9 Å². The number of para-hydroxylation sites is 1. The highest BCUT2D eigenvalue weighted by molar-refractivity contribution is 5.95. The smallest absolute Gasteiger partial charge is 0.241 e. The Morgan fingerprint density at radius 1 is 1.17 bits per heavy atom. The van der Waals surface area contributed by atoms with Crippen molar-refractivity contribution >= 4 is 11.6 Å². The predicted molar refractivity (Wildman–Crippen MR) is 93.5 cm³/mol. The minimum Gasteiger partial charge on any atom is -0.489 e. The molecule has 1 amide bonds. The second-order valence-electron chi connectivity index (χ2n) is 5.58. The Hall–Kier alpha value is -2.33. The second kappa shape index (κ2) is 8.34. The molecular formula is C19H24N2O2. The molecule has 0 bridgehead atoms. The number of hydrogen-bond acceptors (Lipinski definition) is 3. The van der Waals surface area contributed by atoms with Crippen molar-refractivity contribution < 1.29 is 9.53 Å². The van der Waals surface area contributed by atoms with E-state index in [1.165, 1.54) is 0 Å². The molecule has 122 valence electrons. The van der Waals surface area contributed by atoms with Gasteiger partial charge in [-0.25, -0.2) is 0 Å². The Morgan fingerprint density at radius 2 is 1.91 bits per heavy atom. The summed E-state index contributed by atoms with van der Waals surface area (Å²) in [7, 11) is 0. The van der Waals surface area contributed by atoms with Crippen LogP contribution in [0.4, 0.5) is 5.69 Å². The van der Waals surface area contributed by atoms with E-state index in [2.05, 4.69) is 5.32 Å². The Kier molecular flexibility index (Phi) is 6.18. The number of hydrogen-bond donors (Lipinski definition) is 2. The summed E-state index contributed by atoms with van der Waals surface area (Å²) in [5.41, 5.74) is 8.69. The van der Waals surface area contributed by atoms with E-state index in [-0.39, 0.29) is 5.91 Å². The zero-order valence-corrected chi connectivity index (χ0v) is 13.7. The van der Waals surface area contributed by atoms with E-state index in [1.807, 2.05) is 62.4 Å². The quantitative estimate of drug-likeness (QED) is 0.820. The molecule has 0 spiro atoms. The normalized spacial score (nSPS) is 11.8. The van der Waals surface area contributed by atoms with Crippen LogP contribution in [0, 0.1) is 6.92 Å². The molecule has 0 radical (unpaired) electrons. The fourth-order valence-electron chi connectivity index (χ4n) is 2.32. The molecule has 0 aromatic heterocycles. The summed E-state index contributed by atoms with van der Waals surface area (Å²) < 4.78 is 5.78. The molecule has 2 rings (SSSR count). The van der Waals surface area contributed by atoms with Crippen molar-refractivity contribution in [1.29, 1.82) is 0 Å². The summed E-state index contributed by atoms with van der Waals surface area (Å²) in [5.74, 6) is 0.683. The number of nitrogens with two attached hydrogens (primary N) is 1. The molecule has 1 atom stereocenters. The summed E-state index contributed by atoms with van der Waals surface area (Å²) in [6.07, 6.45) is 1.57. The highest BCUT2D eigenvalue weighted by Gasteiger charge is 2.14. The molecule has 1 unspecified atom stereocenters. The van der Waals surface area contributed by atoms with E-state index in [9.17, 15) is 4.79 Å². The van der Waals surface area contributed by atoms with Crippen molar-refractivity contribution in [2.75, 3.05) is 5.32 Å². The van der Waals surface area contributed by atoms with E-state index < -0.39 is 6.04 Å². The third-order valence-corrected chi connectivity index (χ3v) is 3.78. The van der Waals surface area contributed by atoms with Crippen LogP contribution in [0.15, 0.2) is 48.5 Å². The number of carbonyl (C=O) groups is 1. The average molecular weight is 312 g/mol. The largest absolute Gasteiger partial charge is 0.489 e. The molecule has 2 aromatic rings. The van der Waals surface area contributed by atoms with Gasteiger partial charge in [0.15, 0.2) is 0 Å². The molecule has 0 aliphatic rings. The summed E-state index contributed by atoms with van der Waals surface area (Å²) in [5, 5.41) is 2.91. The van der Waals surface area contributed by atoms with E-state index in [0.717, 1.165) is 29.0 Å². The summed E-state index contributed by atoms with van der Waals surface area (Å²) in [6.45, 7) is 4.45. The molecule has 2 aromatic carbocycles. The molecular weight excluding hydrogens is 288 g/mol. The SMILES string of the molecule is CCCC(N)C(=O)Nc1cccc(COc2ccccc2)c1C. The van der Waals surface area contributed by atoms with E-state index >= 15 is 0 Å². The first kappa shape index (κ1) is 17.0. The van der Waals surface area contributed by atoms with Gasteiger partial charge in [-0.15, -0.1) is 0 Å². The lowest BCUT2D eigenvalue weighted by atomic mass is 10.1. The van der Waals surface area contributed by atoms with Gasteiger partial charge in [-0.05, 0) is 42.7 Å². The third-order valence-electron chi connectivity index (χ3n) is 3.78. The van der Waals surface area contributed by atoms with E-state index in [1.54, 1.807) is 0 Å². The highest BCUT2D eigenvalue weighted by atomic mass is 16.5. The minimum absolute atomic E-state index is 0.143. The van der Waals surface area contributed by atoms with Gasteiger partial charge in [0, 0.05) is 5.69 Å². The predicted octanol–water partition coefficient (Wildman–Crippen LogP) is 3.64. The molecule has 23 heavy (non-hydrogen) atoms. The molecule has 0 saturated heterocycles. The maximum atomic E-state index is 12.1. The van der Waals surface area contributed by atoms with Crippen LogP contribution in [0.5, 0.6) is 5.75 Å².